The fraction of sp³-hybridized carbons (Fsp3) is 0.111. The summed E-state index contributed by atoms with van der Waals surface area (Å²) < 4.78 is 6.22. The second-order valence-corrected chi connectivity index (χ2v) is 3.71. The first-order valence-corrected chi connectivity index (χ1v) is 5.09. The van der Waals surface area contributed by atoms with Crippen LogP contribution < -0.4 is 15.5 Å². The van der Waals surface area contributed by atoms with E-state index < -0.39 is 0 Å². The molecular weight excluding hydrogens is 198 g/mol. The van der Waals surface area contributed by atoms with E-state index in [1.807, 2.05) is 30.3 Å². The Hall–Kier alpha value is -1.49. The van der Waals surface area contributed by atoms with Crippen molar-refractivity contribution in [2.75, 3.05) is 0 Å². The first-order valence-electron chi connectivity index (χ1n) is 4.10. The van der Waals surface area contributed by atoms with E-state index >= 15 is 0 Å². The summed E-state index contributed by atoms with van der Waals surface area (Å²) in [6.45, 7) is 0. The highest BCUT2D eigenvalue weighted by atomic mass is 32.2. The predicted octanol–water partition coefficient (Wildman–Crippen LogP) is 0.754. The Kier molecular flexibility index (Phi) is 2.69. The molecule has 1 aromatic carbocycles. The largest absolute Gasteiger partial charge is 0.487 e. The number of thioether (sulfide) groups is 1. The monoisotopic (exact) mass is 207 g/mol. The van der Waals surface area contributed by atoms with E-state index in [1.165, 1.54) is 4.90 Å². The first kappa shape index (κ1) is 9.08. The summed E-state index contributed by atoms with van der Waals surface area (Å²) in [7, 11) is 0. The molecule has 0 bridgehead atoms. The average Bonchev–Trinajstić information content (AvgIpc) is 2.63. The zero-order valence-electron chi connectivity index (χ0n) is 7.38. The standard InChI is InChI=1S/C9H9N3OS/c10-9-6-12(11-13-9)7-14-8-4-2-1-3-5-8/h1-6,10H,7H2. The molecule has 0 fully saturated rings. The fourth-order valence-corrected chi connectivity index (χ4v) is 1.75. The molecule has 72 valence electrons. The highest BCUT2D eigenvalue weighted by Gasteiger charge is 1.97. The Balaban J connectivity index is 1.98. The molecule has 1 aromatic heterocycles. The van der Waals surface area contributed by atoms with Gasteiger partial charge in [-0.1, -0.05) is 30.0 Å². The molecule has 0 saturated heterocycles. The smallest absolute Gasteiger partial charge is 0.264 e. The molecule has 0 aliphatic heterocycles. The summed E-state index contributed by atoms with van der Waals surface area (Å²) in [6.07, 6.45) is 1.55. The van der Waals surface area contributed by atoms with Crippen molar-refractivity contribution in [1.82, 2.24) is 5.27 Å². The average molecular weight is 207 g/mol. The van der Waals surface area contributed by atoms with E-state index in [-0.39, 0.29) is 5.55 Å². The normalized spacial score (nSPS) is 10.3. The molecule has 2 rings (SSSR count). The fourth-order valence-electron chi connectivity index (χ4n) is 0.997. The topological polar surface area (TPSA) is 55.0 Å². The Morgan fingerprint density at radius 2 is 2.14 bits per heavy atom. The molecule has 2 aromatic rings. The zero-order valence-corrected chi connectivity index (χ0v) is 8.20. The maximum absolute atomic E-state index is 7.14. The van der Waals surface area contributed by atoms with Crippen LogP contribution in [0.5, 0.6) is 0 Å². The molecule has 4 nitrogen and oxygen atoms in total. The van der Waals surface area contributed by atoms with E-state index in [0.29, 0.717) is 5.88 Å². The van der Waals surface area contributed by atoms with Crippen molar-refractivity contribution >= 4 is 11.8 Å². The van der Waals surface area contributed by atoms with Crippen molar-refractivity contribution in [3.05, 3.63) is 42.1 Å². The van der Waals surface area contributed by atoms with Gasteiger partial charge in [0.1, 0.15) is 0 Å². The van der Waals surface area contributed by atoms with Gasteiger partial charge in [-0.05, 0) is 12.1 Å². The van der Waals surface area contributed by atoms with E-state index in [0.717, 1.165) is 0 Å². The van der Waals surface area contributed by atoms with Crippen LogP contribution >= 0.6 is 11.8 Å². The minimum absolute atomic E-state index is 0.0821. The van der Waals surface area contributed by atoms with Crippen LogP contribution in [-0.2, 0) is 5.88 Å². The highest BCUT2D eigenvalue weighted by Crippen LogP contribution is 2.15. The Morgan fingerprint density at radius 3 is 2.79 bits per heavy atom. The lowest BCUT2D eigenvalue weighted by Gasteiger charge is -1.97. The van der Waals surface area contributed by atoms with Gasteiger partial charge in [-0.25, -0.2) is 4.68 Å². The predicted molar refractivity (Wildman–Crippen MR) is 50.4 cm³/mol. The molecule has 0 aliphatic carbocycles. The van der Waals surface area contributed by atoms with Gasteiger partial charge in [-0.3, -0.25) is 10.7 Å². The molecular formula is C9H9N3OS. The van der Waals surface area contributed by atoms with Crippen molar-refractivity contribution < 1.29 is 9.20 Å². The SMILES string of the molecule is N=c1c[n+](CSc2ccccc2)[n-]o1. The molecule has 0 amide bonds. The molecule has 5 heteroatoms. The number of rotatable bonds is 3. The maximum atomic E-state index is 7.14. The van der Waals surface area contributed by atoms with Crippen LogP contribution in [0.4, 0.5) is 0 Å². The van der Waals surface area contributed by atoms with E-state index in [9.17, 15) is 0 Å². The molecule has 1 N–H and O–H groups in total. The summed E-state index contributed by atoms with van der Waals surface area (Å²) in [5.41, 5.74) is 0.0821. The Bertz CT molecular complexity index is 448. The van der Waals surface area contributed by atoms with Crippen LogP contribution in [0, 0.1) is 5.41 Å². The molecule has 0 radical (unpaired) electrons. The van der Waals surface area contributed by atoms with E-state index in [4.69, 9.17) is 5.41 Å². The number of benzene rings is 1. The van der Waals surface area contributed by atoms with Crippen LogP contribution in [-0.4, -0.2) is 0 Å². The number of nitrogens with one attached hydrogen (secondary N) is 1. The maximum Gasteiger partial charge on any atom is 0.264 e. The van der Waals surface area contributed by atoms with Crippen LogP contribution in [0.2, 0.25) is 0 Å². The molecule has 0 saturated carbocycles. The highest BCUT2D eigenvalue weighted by molar-refractivity contribution is 7.98. The van der Waals surface area contributed by atoms with Gasteiger partial charge in [0, 0.05) is 4.90 Å². The van der Waals surface area contributed by atoms with Gasteiger partial charge < -0.3 is 4.52 Å². The number of aromatic nitrogens is 2. The van der Waals surface area contributed by atoms with Gasteiger partial charge >= 0.3 is 0 Å². The molecule has 0 unspecified atom stereocenters. The third-order valence-electron chi connectivity index (χ3n) is 1.62. The summed E-state index contributed by atoms with van der Waals surface area (Å²) in [5.74, 6) is 0.659. The second kappa shape index (κ2) is 4.15. The third kappa shape index (κ3) is 2.26. The van der Waals surface area contributed by atoms with E-state index in [1.54, 1.807) is 22.6 Å². The second-order valence-electron chi connectivity index (χ2n) is 2.69. The number of hydrogen-bond acceptors (Lipinski definition) is 3. The van der Waals surface area contributed by atoms with Gasteiger partial charge in [0.05, 0.1) is 0 Å². The van der Waals surface area contributed by atoms with Crippen molar-refractivity contribution in [2.45, 2.75) is 10.8 Å². The molecule has 14 heavy (non-hydrogen) atoms. The summed E-state index contributed by atoms with van der Waals surface area (Å²) in [6, 6.07) is 10.0. The van der Waals surface area contributed by atoms with Gasteiger partial charge in [0.15, 0.2) is 5.88 Å². The van der Waals surface area contributed by atoms with Gasteiger partial charge in [0.25, 0.3) is 5.55 Å². The summed E-state index contributed by atoms with van der Waals surface area (Å²) >= 11 is 1.64. The third-order valence-corrected chi connectivity index (χ3v) is 2.62. The Labute approximate surface area is 85.0 Å². The van der Waals surface area contributed by atoms with E-state index in [2.05, 4.69) is 9.79 Å². The number of hydrogen-bond donors (Lipinski definition) is 1. The first-order chi connectivity index (χ1) is 6.84. The van der Waals surface area contributed by atoms with Gasteiger partial charge in [-0.15, -0.1) is 0 Å². The van der Waals surface area contributed by atoms with Crippen LogP contribution in [0.1, 0.15) is 0 Å². The molecule has 0 spiro atoms. The minimum Gasteiger partial charge on any atom is -0.487 e. The molecule has 0 atom stereocenters. The lowest BCUT2D eigenvalue weighted by atomic mass is 10.4. The van der Waals surface area contributed by atoms with Crippen LogP contribution in [0.15, 0.2) is 45.9 Å². The van der Waals surface area contributed by atoms with Crippen molar-refractivity contribution in [2.24, 2.45) is 0 Å². The molecule has 1 heterocycles. The lowest BCUT2D eigenvalue weighted by Crippen LogP contribution is -2.35. The quantitative estimate of drug-likeness (QED) is 0.597. The summed E-state index contributed by atoms with van der Waals surface area (Å²) in [5, 5.41) is 10.8. The van der Waals surface area contributed by atoms with Crippen LogP contribution in [0.25, 0.3) is 0 Å². The van der Waals surface area contributed by atoms with Crippen molar-refractivity contribution in [3.63, 3.8) is 0 Å². The number of nitrogens with zero attached hydrogens (tertiary/aromatic N) is 2. The minimum atomic E-state index is 0.0821. The van der Waals surface area contributed by atoms with Gasteiger partial charge in [0.2, 0.25) is 6.20 Å². The summed E-state index contributed by atoms with van der Waals surface area (Å²) in [4.78, 5) is 1.18. The van der Waals surface area contributed by atoms with Crippen molar-refractivity contribution in [1.29, 1.82) is 5.41 Å². The Morgan fingerprint density at radius 1 is 1.36 bits per heavy atom. The van der Waals surface area contributed by atoms with Crippen molar-refractivity contribution in [3.8, 4) is 0 Å². The zero-order chi connectivity index (χ0) is 9.80. The van der Waals surface area contributed by atoms with Crippen LogP contribution in [0.3, 0.4) is 0 Å². The molecule has 0 aliphatic rings. The van der Waals surface area contributed by atoms with Gasteiger partial charge in [-0.2, -0.15) is 0 Å². The lowest BCUT2D eigenvalue weighted by molar-refractivity contribution is -0.749.